The maximum absolute atomic E-state index is 13.7. The summed E-state index contributed by atoms with van der Waals surface area (Å²) in [6, 6.07) is 12.7. The van der Waals surface area contributed by atoms with Crippen molar-refractivity contribution < 1.29 is 13.6 Å². The maximum atomic E-state index is 13.7. The fourth-order valence-electron chi connectivity index (χ4n) is 5.84. The molecule has 0 aromatic heterocycles. The Bertz CT molecular complexity index is 983. The molecular formula is C27H33F2N3O. The largest absolute Gasteiger partial charge is 0.371 e. The molecule has 4 nitrogen and oxygen atoms in total. The first-order valence-corrected chi connectivity index (χ1v) is 12.4. The number of halogens is 2. The number of likely N-dealkylation sites (tertiary alicyclic amines) is 2. The first-order valence-electron chi connectivity index (χ1n) is 12.4. The Kier molecular flexibility index (Phi) is 6.63. The second-order valence-electron chi connectivity index (χ2n) is 9.74. The van der Waals surface area contributed by atoms with Crippen LogP contribution in [-0.2, 0) is 0 Å². The van der Waals surface area contributed by atoms with Crippen LogP contribution in [0.1, 0.15) is 60.4 Å². The number of hydrogen-bond donors (Lipinski definition) is 0. The van der Waals surface area contributed by atoms with E-state index in [1.54, 1.807) is 6.07 Å². The SMILES string of the molecule is O=C(c1ccccc1N1CCC(N2CCCCC2)CC1)N1CCC(c2ccc(F)c(F)c2)C1. The van der Waals surface area contributed by atoms with Crippen molar-refractivity contribution in [3.8, 4) is 0 Å². The summed E-state index contributed by atoms with van der Waals surface area (Å²) < 4.78 is 27.0. The molecule has 1 atom stereocenters. The number of hydrogen-bond acceptors (Lipinski definition) is 3. The molecule has 1 unspecified atom stereocenters. The minimum Gasteiger partial charge on any atom is -0.371 e. The Morgan fingerprint density at radius 3 is 2.33 bits per heavy atom. The van der Waals surface area contributed by atoms with Gasteiger partial charge >= 0.3 is 0 Å². The van der Waals surface area contributed by atoms with Crippen LogP contribution in [-0.4, -0.2) is 61.0 Å². The van der Waals surface area contributed by atoms with Gasteiger partial charge in [0.2, 0.25) is 0 Å². The summed E-state index contributed by atoms with van der Waals surface area (Å²) >= 11 is 0. The first-order chi connectivity index (χ1) is 16.1. The van der Waals surface area contributed by atoms with Crippen molar-refractivity contribution in [1.29, 1.82) is 0 Å². The highest BCUT2D eigenvalue weighted by Crippen LogP contribution is 2.32. The van der Waals surface area contributed by atoms with Gasteiger partial charge in [0.1, 0.15) is 0 Å². The van der Waals surface area contributed by atoms with E-state index in [2.05, 4.69) is 15.9 Å². The summed E-state index contributed by atoms with van der Waals surface area (Å²) in [6.45, 7) is 5.58. The van der Waals surface area contributed by atoms with E-state index >= 15 is 0 Å². The van der Waals surface area contributed by atoms with Gasteiger partial charge in [-0.2, -0.15) is 0 Å². The average molecular weight is 454 g/mol. The van der Waals surface area contributed by atoms with Gasteiger partial charge in [0, 0.05) is 43.8 Å². The van der Waals surface area contributed by atoms with E-state index in [1.165, 1.54) is 44.5 Å². The van der Waals surface area contributed by atoms with E-state index < -0.39 is 11.6 Å². The lowest BCUT2D eigenvalue weighted by Gasteiger charge is -2.41. The second-order valence-corrected chi connectivity index (χ2v) is 9.74. The smallest absolute Gasteiger partial charge is 0.255 e. The van der Waals surface area contributed by atoms with Crippen LogP contribution >= 0.6 is 0 Å². The molecule has 3 aliphatic rings. The Morgan fingerprint density at radius 2 is 1.58 bits per heavy atom. The van der Waals surface area contributed by atoms with Gasteiger partial charge in [-0.05, 0) is 75.0 Å². The normalized spacial score (nSPS) is 22.7. The van der Waals surface area contributed by atoms with Crippen LogP contribution in [0.4, 0.5) is 14.5 Å². The van der Waals surface area contributed by atoms with Gasteiger partial charge in [-0.3, -0.25) is 4.79 Å². The van der Waals surface area contributed by atoms with Crippen LogP contribution in [0, 0.1) is 11.6 Å². The maximum Gasteiger partial charge on any atom is 0.255 e. The summed E-state index contributed by atoms with van der Waals surface area (Å²) in [6.07, 6.45) is 7.05. The monoisotopic (exact) mass is 453 g/mol. The molecule has 0 N–H and O–H groups in total. The van der Waals surface area contributed by atoms with Crippen LogP contribution in [0.2, 0.25) is 0 Å². The van der Waals surface area contributed by atoms with Crippen LogP contribution in [0.5, 0.6) is 0 Å². The standard InChI is InChI=1S/C27H33F2N3O/c28-24-9-8-20(18-25(24)29)21-10-15-32(19-21)27(33)23-6-2-3-7-26(23)31-16-11-22(12-17-31)30-13-4-1-5-14-30/h2-3,6-9,18,21-22H,1,4-5,10-17,19H2. The fraction of sp³-hybridized carbons (Fsp3) is 0.519. The van der Waals surface area contributed by atoms with Gasteiger partial charge in [0.25, 0.3) is 5.91 Å². The van der Waals surface area contributed by atoms with E-state index in [9.17, 15) is 13.6 Å². The third-order valence-electron chi connectivity index (χ3n) is 7.74. The molecule has 1 amide bonds. The van der Waals surface area contributed by atoms with Gasteiger partial charge in [-0.1, -0.05) is 24.6 Å². The average Bonchev–Trinajstić information content (AvgIpc) is 3.36. The van der Waals surface area contributed by atoms with Crippen LogP contribution in [0.3, 0.4) is 0 Å². The Morgan fingerprint density at radius 1 is 0.818 bits per heavy atom. The van der Waals surface area contributed by atoms with Gasteiger partial charge in [0.15, 0.2) is 11.6 Å². The summed E-state index contributed by atoms with van der Waals surface area (Å²) in [5.74, 6) is -1.58. The molecule has 33 heavy (non-hydrogen) atoms. The van der Waals surface area contributed by atoms with E-state index in [1.807, 2.05) is 23.1 Å². The molecule has 3 fully saturated rings. The lowest BCUT2D eigenvalue weighted by atomic mass is 9.98. The zero-order valence-electron chi connectivity index (χ0n) is 19.2. The lowest BCUT2D eigenvalue weighted by molar-refractivity contribution is 0.0791. The number of benzene rings is 2. The van der Waals surface area contributed by atoms with Crippen molar-refractivity contribution in [3.63, 3.8) is 0 Å². The molecule has 3 saturated heterocycles. The molecule has 0 aliphatic carbocycles. The Hall–Kier alpha value is -2.47. The number of nitrogens with zero attached hydrogens (tertiary/aromatic N) is 3. The van der Waals surface area contributed by atoms with Gasteiger partial charge < -0.3 is 14.7 Å². The van der Waals surface area contributed by atoms with Crippen LogP contribution < -0.4 is 4.90 Å². The summed E-state index contributed by atoms with van der Waals surface area (Å²) in [4.78, 5) is 20.4. The van der Waals surface area contributed by atoms with Crippen molar-refractivity contribution in [2.75, 3.05) is 44.2 Å². The molecule has 176 valence electrons. The van der Waals surface area contributed by atoms with Crippen molar-refractivity contribution in [1.82, 2.24) is 9.80 Å². The molecule has 5 rings (SSSR count). The lowest BCUT2D eigenvalue weighted by Crippen LogP contribution is -2.47. The quantitative estimate of drug-likeness (QED) is 0.648. The number of carbonyl (C=O) groups excluding carboxylic acids is 1. The number of amides is 1. The number of carbonyl (C=O) groups is 1. The molecule has 2 aromatic rings. The van der Waals surface area contributed by atoms with Gasteiger partial charge in [-0.25, -0.2) is 8.78 Å². The topological polar surface area (TPSA) is 26.8 Å². The van der Waals surface area contributed by atoms with E-state index in [0.29, 0.717) is 19.1 Å². The van der Waals surface area contributed by atoms with Crippen molar-refractivity contribution in [2.45, 2.75) is 50.5 Å². The molecular weight excluding hydrogens is 420 g/mol. The van der Waals surface area contributed by atoms with Gasteiger partial charge in [0.05, 0.1) is 5.56 Å². The number of rotatable bonds is 4. The van der Waals surface area contributed by atoms with E-state index in [0.717, 1.165) is 49.2 Å². The fourth-order valence-corrected chi connectivity index (χ4v) is 5.84. The number of anilines is 1. The zero-order chi connectivity index (χ0) is 22.8. The van der Waals surface area contributed by atoms with Crippen LogP contribution in [0.25, 0.3) is 0 Å². The third kappa shape index (κ3) is 4.77. The second kappa shape index (κ2) is 9.80. The minimum absolute atomic E-state index is 0.0360. The predicted octanol–water partition coefficient (Wildman–Crippen LogP) is 5.05. The minimum atomic E-state index is -0.831. The number of para-hydroxylation sites is 1. The van der Waals surface area contributed by atoms with Crippen LogP contribution in [0.15, 0.2) is 42.5 Å². The Labute approximate surface area is 195 Å². The molecule has 0 bridgehead atoms. The summed E-state index contributed by atoms with van der Waals surface area (Å²) in [7, 11) is 0. The van der Waals surface area contributed by atoms with E-state index in [4.69, 9.17) is 0 Å². The van der Waals surface area contributed by atoms with Crippen molar-refractivity contribution in [2.24, 2.45) is 0 Å². The molecule has 0 radical (unpaired) electrons. The zero-order valence-corrected chi connectivity index (χ0v) is 19.2. The molecule has 3 heterocycles. The molecule has 0 saturated carbocycles. The first kappa shape index (κ1) is 22.3. The van der Waals surface area contributed by atoms with E-state index in [-0.39, 0.29) is 11.8 Å². The van der Waals surface area contributed by atoms with Crippen molar-refractivity contribution >= 4 is 11.6 Å². The highest BCUT2D eigenvalue weighted by Gasteiger charge is 2.31. The molecule has 2 aromatic carbocycles. The summed E-state index contributed by atoms with van der Waals surface area (Å²) in [5.41, 5.74) is 2.54. The third-order valence-corrected chi connectivity index (χ3v) is 7.74. The highest BCUT2D eigenvalue weighted by atomic mass is 19.2. The molecule has 3 aliphatic heterocycles. The number of piperidine rings is 2. The van der Waals surface area contributed by atoms with Gasteiger partial charge in [-0.15, -0.1) is 0 Å². The summed E-state index contributed by atoms with van der Waals surface area (Å²) in [5, 5.41) is 0. The van der Waals surface area contributed by atoms with Crippen molar-refractivity contribution in [3.05, 3.63) is 65.2 Å². The molecule has 0 spiro atoms. The molecule has 6 heteroatoms. The highest BCUT2D eigenvalue weighted by molar-refractivity contribution is 6.00. The predicted molar refractivity (Wildman–Crippen MR) is 127 cm³/mol. The Balaban J connectivity index is 1.25.